The summed E-state index contributed by atoms with van der Waals surface area (Å²) in [4.78, 5) is 4.20. The van der Waals surface area contributed by atoms with E-state index in [0.29, 0.717) is 16.7 Å². The van der Waals surface area contributed by atoms with Crippen molar-refractivity contribution in [2.75, 3.05) is 12.8 Å². The average Bonchev–Trinajstić information content (AvgIpc) is 3.13. The standard InChI is InChI=1S/C21H19FN2O5/c1-21(27-7-8-28-21)11-13-14(23)3-4-18(20(13)22)29-17-5-6-24-15-10-16(25)19(26-2)9-12(15)17/h3-10,25H,11,23H2,1-2H3. The quantitative estimate of drug-likeness (QED) is 0.621. The number of halogens is 1. The summed E-state index contributed by atoms with van der Waals surface area (Å²) in [6.07, 6.45) is 4.40. The lowest BCUT2D eigenvalue weighted by Crippen LogP contribution is -2.29. The number of phenols is 1. The van der Waals surface area contributed by atoms with Crippen LogP contribution in [0.4, 0.5) is 10.1 Å². The second-order valence-electron chi connectivity index (χ2n) is 6.72. The molecule has 150 valence electrons. The van der Waals surface area contributed by atoms with Crippen LogP contribution >= 0.6 is 0 Å². The van der Waals surface area contributed by atoms with Crippen LogP contribution in [-0.4, -0.2) is 23.0 Å². The Kier molecular flexibility index (Phi) is 4.54. The van der Waals surface area contributed by atoms with Crippen molar-refractivity contribution in [1.82, 2.24) is 4.98 Å². The van der Waals surface area contributed by atoms with E-state index in [4.69, 9.17) is 24.7 Å². The molecule has 7 nitrogen and oxygen atoms in total. The van der Waals surface area contributed by atoms with Gasteiger partial charge in [-0.2, -0.15) is 0 Å². The Bertz CT molecular complexity index is 1110. The van der Waals surface area contributed by atoms with Gasteiger partial charge in [-0.15, -0.1) is 0 Å². The van der Waals surface area contributed by atoms with Crippen molar-refractivity contribution in [2.24, 2.45) is 0 Å². The fraction of sp³-hybridized carbons (Fsp3) is 0.190. The van der Waals surface area contributed by atoms with Gasteiger partial charge < -0.3 is 29.8 Å². The molecule has 0 radical (unpaired) electrons. The summed E-state index contributed by atoms with van der Waals surface area (Å²) in [6, 6.07) is 7.65. The summed E-state index contributed by atoms with van der Waals surface area (Å²) in [5.41, 5.74) is 6.95. The van der Waals surface area contributed by atoms with Crippen LogP contribution in [-0.2, 0) is 15.9 Å². The van der Waals surface area contributed by atoms with Gasteiger partial charge in [0.05, 0.1) is 19.0 Å². The van der Waals surface area contributed by atoms with Gasteiger partial charge >= 0.3 is 0 Å². The lowest BCUT2D eigenvalue weighted by molar-refractivity contribution is -0.124. The van der Waals surface area contributed by atoms with Gasteiger partial charge in [0, 0.05) is 35.8 Å². The van der Waals surface area contributed by atoms with Crippen LogP contribution in [0.2, 0.25) is 0 Å². The number of pyridine rings is 1. The first-order chi connectivity index (χ1) is 13.9. The molecule has 0 saturated heterocycles. The largest absolute Gasteiger partial charge is 0.504 e. The van der Waals surface area contributed by atoms with Crippen LogP contribution < -0.4 is 15.2 Å². The molecule has 0 unspecified atom stereocenters. The van der Waals surface area contributed by atoms with E-state index in [1.165, 1.54) is 38.0 Å². The molecule has 0 atom stereocenters. The lowest BCUT2D eigenvalue weighted by atomic mass is 10.0. The maximum atomic E-state index is 15.2. The summed E-state index contributed by atoms with van der Waals surface area (Å²) >= 11 is 0. The van der Waals surface area contributed by atoms with E-state index in [1.807, 2.05) is 0 Å². The molecule has 0 amide bonds. The Labute approximate surface area is 166 Å². The second kappa shape index (κ2) is 7.05. The van der Waals surface area contributed by atoms with Crippen molar-refractivity contribution in [3.05, 3.63) is 60.4 Å². The van der Waals surface area contributed by atoms with Crippen molar-refractivity contribution >= 4 is 16.6 Å². The van der Waals surface area contributed by atoms with Crippen molar-refractivity contribution < 1.29 is 28.4 Å². The van der Waals surface area contributed by atoms with Gasteiger partial charge in [-0.3, -0.25) is 4.98 Å². The van der Waals surface area contributed by atoms with E-state index in [2.05, 4.69) is 4.98 Å². The normalized spacial score (nSPS) is 14.4. The first-order valence-electron chi connectivity index (χ1n) is 8.81. The molecule has 2 aromatic carbocycles. The number of nitrogens with zero attached hydrogens (tertiary/aromatic N) is 1. The number of aromatic hydroxyl groups is 1. The summed E-state index contributed by atoms with van der Waals surface area (Å²) in [6.45, 7) is 1.69. The molecular formula is C21H19FN2O5. The molecule has 1 aromatic heterocycles. The predicted octanol–water partition coefficient (Wildman–Crippen LogP) is 4.24. The number of fused-ring (bicyclic) bond motifs is 1. The highest BCUT2D eigenvalue weighted by Crippen LogP contribution is 2.38. The van der Waals surface area contributed by atoms with E-state index in [0.717, 1.165) is 0 Å². The number of nitrogen functional groups attached to an aromatic ring is 1. The number of hydrogen-bond donors (Lipinski definition) is 2. The third-order valence-electron chi connectivity index (χ3n) is 4.65. The molecular weight excluding hydrogens is 379 g/mol. The molecule has 3 aromatic rings. The maximum Gasteiger partial charge on any atom is 0.251 e. The number of phenolic OH excluding ortho intramolecular Hbond substituents is 1. The van der Waals surface area contributed by atoms with Crippen LogP contribution in [0.25, 0.3) is 10.9 Å². The van der Waals surface area contributed by atoms with Crippen LogP contribution in [0, 0.1) is 5.82 Å². The Morgan fingerprint density at radius 2 is 1.90 bits per heavy atom. The molecule has 29 heavy (non-hydrogen) atoms. The minimum atomic E-state index is -1.04. The molecule has 3 N–H and O–H groups in total. The van der Waals surface area contributed by atoms with Gasteiger partial charge in [-0.05, 0) is 24.3 Å². The van der Waals surface area contributed by atoms with E-state index < -0.39 is 11.6 Å². The van der Waals surface area contributed by atoms with Gasteiger partial charge in [0.1, 0.15) is 18.3 Å². The van der Waals surface area contributed by atoms with E-state index in [-0.39, 0.29) is 34.9 Å². The number of methoxy groups -OCH3 is 1. The molecule has 4 rings (SSSR count). The summed E-state index contributed by atoms with van der Waals surface area (Å²) < 4.78 is 37.0. The Balaban J connectivity index is 1.72. The highest BCUT2D eigenvalue weighted by Gasteiger charge is 2.32. The van der Waals surface area contributed by atoms with Gasteiger partial charge in [-0.25, -0.2) is 4.39 Å². The molecule has 8 heteroatoms. The molecule has 1 aliphatic heterocycles. The van der Waals surface area contributed by atoms with E-state index in [9.17, 15) is 5.11 Å². The predicted molar refractivity (Wildman–Crippen MR) is 104 cm³/mol. The minimum Gasteiger partial charge on any atom is -0.504 e. The van der Waals surface area contributed by atoms with E-state index in [1.54, 1.807) is 25.1 Å². The number of aromatic nitrogens is 1. The molecule has 0 bridgehead atoms. The van der Waals surface area contributed by atoms with Crippen LogP contribution in [0.15, 0.2) is 49.1 Å². The Morgan fingerprint density at radius 3 is 2.62 bits per heavy atom. The number of nitrogens with two attached hydrogens (primary N) is 1. The molecule has 0 saturated carbocycles. The number of hydrogen-bond acceptors (Lipinski definition) is 7. The summed E-state index contributed by atoms with van der Waals surface area (Å²) in [5.74, 6) is -1.11. The molecule has 0 aliphatic carbocycles. The zero-order valence-electron chi connectivity index (χ0n) is 15.8. The highest BCUT2D eigenvalue weighted by atomic mass is 19.1. The zero-order chi connectivity index (χ0) is 20.6. The fourth-order valence-electron chi connectivity index (χ4n) is 3.16. The average molecular weight is 398 g/mol. The fourth-order valence-corrected chi connectivity index (χ4v) is 3.16. The first kappa shape index (κ1) is 18.7. The number of benzene rings is 2. The SMILES string of the molecule is COc1cc2c(Oc3ccc(N)c(CC4(C)OC=CO4)c3F)ccnc2cc1O. The zero-order valence-corrected chi connectivity index (χ0v) is 15.8. The maximum absolute atomic E-state index is 15.2. The molecule has 0 fully saturated rings. The lowest BCUT2D eigenvalue weighted by Gasteiger charge is -2.24. The number of ether oxygens (including phenoxy) is 4. The smallest absolute Gasteiger partial charge is 0.251 e. The van der Waals surface area contributed by atoms with Crippen molar-refractivity contribution in [3.8, 4) is 23.0 Å². The summed E-state index contributed by atoms with van der Waals surface area (Å²) in [5, 5.41) is 10.5. The minimum absolute atomic E-state index is 0.0108. The molecule has 0 spiro atoms. The van der Waals surface area contributed by atoms with Gasteiger partial charge in [0.2, 0.25) is 0 Å². The monoisotopic (exact) mass is 398 g/mol. The third kappa shape index (κ3) is 3.44. The van der Waals surface area contributed by atoms with Crippen molar-refractivity contribution in [1.29, 1.82) is 0 Å². The number of rotatable bonds is 5. The van der Waals surface area contributed by atoms with Gasteiger partial charge in [0.25, 0.3) is 5.79 Å². The first-order valence-corrected chi connectivity index (χ1v) is 8.81. The third-order valence-corrected chi connectivity index (χ3v) is 4.65. The van der Waals surface area contributed by atoms with Crippen LogP contribution in [0.5, 0.6) is 23.0 Å². The van der Waals surface area contributed by atoms with Gasteiger partial charge in [-0.1, -0.05) is 0 Å². The highest BCUT2D eigenvalue weighted by molar-refractivity contribution is 5.88. The Hall–Kier alpha value is -3.68. The van der Waals surface area contributed by atoms with Crippen molar-refractivity contribution in [2.45, 2.75) is 19.1 Å². The van der Waals surface area contributed by atoms with Gasteiger partial charge in [0.15, 0.2) is 23.1 Å². The molecule has 1 aliphatic rings. The number of anilines is 1. The van der Waals surface area contributed by atoms with Crippen molar-refractivity contribution in [3.63, 3.8) is 0 Å². The summed E-state index contributed by atoms with van der Waals surface area (Å²) in [7, 11) is 1.44. The molecule has 2 heterocycles. The Morgan fingerprint density at radius 1 is 1.14 bits per heavy atom. The van der Waals surface area contributed by atoms with Crippen LogP contribution in [0.3, 0.4) is 0 Å². The second-order valence-corrected chi connectivity index (χ2v) is 6.72. The van der Waals surface area contributed by atoms with E-state index >= 15 is 4.39 Å². The topological polar surface area (TPSA) is 96.1 Å². The van der Waals surface area contributed by atoms with Crippen LogP contribution in [0.1, 0.15) is 12.5 Å².